The number of hydrogen-bond donors (Lipinski definition) is 1. The molecule has 0 saturated carbocycles. The first-order valence-electron chi connectivity index (χ1n) is 5.50. The lowest BCUT2D eigenvalue weighted by Gasteiger charge is -2.27. The van der Waals surface area contributed by atoms with Crippen LogP contribution >= 0.6 is 0 Å². The molecule has 0 aromatic heterocycles. The van der Waals surface area contributed by atoms with Crippen LogP contribution in [0.5, 0.6) is 0 Å². The highest BCUT2D eigenvalue weighted by Crippen LogP contribution is 2.27. The van der Waals surface area contributed by atoms with E-state index < -0.39 is 0 Å². The summed E-state index contributed by atoms with van der Waals surface area (Å²) in [5.41, 5.74) is 2.72. The maximum absolute atomic E-state index is 8.81. The van der Waals surface area contributed by atoms with Gasteiger partial charge in [-0.15, -0.1) is 0 Å². The molecule has 1 heterocycles. The highest BCUT2D eigenvalue weighted by atomic mass is 14.9. The fraction of sp³-hybridized carbons (Fsp3) is 0.462. The minimum absolute atomic E-state index is 0.199. The minimum atomic E-state index is 0.199. The van der Waals surface area contributed by atoms with Crippen molar-refractivity contribution < 1.29 is 0 Å². The average Bonchev–Trinajstić information content (AvgIpc) is 2.30. The number of nitrogens with zero attached hydrogens (tertiary/aromatic N) is 1. The Hall–Kier alpha value is -1.33. The first kappa shape index (κ1) is 10.2. The summed E-state index contributed by atoms with van der Waals surface area (Å²) in [7, 11) is 0. The van der Waals surface area contributed by atoms with E-state index in [1.54, 1.807) is 0 Å². The largest absolute Gasteiger partial charge is 0.309 e. The molecule has 1 aromatic rings. The molecule has 1 N–H and O–H groups in total. The third-order valence-corrected chi connectivity index (χ3v) is 3.16. The van der Waals surface area contributed by atoms with Crippen LogP contribution in [0.1, 0.15) is 30.0 Å². The van der Waals surface area contributed by atoms with Crippen LogP contribution in [-0.2, 0) is 0 Å². The van der Waals surface area contributed by atoms with Gasteiger partial charge in [0.25, 0.3) is 0 Å². The maximum Gasteiger partial charge on any atom is 0.0669 e. The van der Waals surface area contributed by atoms with E-state index in [1.807, 2.05) is 0 Å². The Morgan fingerprint density at radius 3 is 2.73 bits per heavy atom. The Labute approximate surface area is 90.9 Å². The molecule has 0 aliphatic carbocycles. The number of aryl methyl sites for hydroxylation is 1. The zero-order valence-corrected chi connectivity index (χ0v) is 9.03. The fourth-order valence-corrected chi connectivity index (χ4v) is 2.21. The Kier molecular flexibility index (Phi) is 3.03. The summed E-state index contributed by atoms with van der Waals surface area (Å²) in [5, 5.41) is 12.3. The predicted octanol–water partition coefficient (Wildman–Crippen LogP) is 2.56. The molecule has 2 heteroatoms. The third kappa shape index (κ3) is 2.19. The van der Waals surface area contributed by atoms with Crippen LogP contribution in [0, 0.1) is 24.2 Å². The smallest absolute Gasteiger partial charge is 0.0669 e. The van der Waals surface area contributed by atoms with Crippen molar-refractivity contribution in [1.82, 2.24) is 5.32 Å². The molecular formula is C13H16N2. The van der Waals surface area contributed by atoms with E-state index in [1.165, 1.54) is 11.1 Å². The summed E-state index contributed by atoms with van der Waals surface area (Å²) in [6, 6.07) is 11.2. The molecule has 2 atom stereocenters. The molecule has 2 nitrogen and oxygen atoms in total. The van der Waals surface area contributed by atoms with Gasteiger partial charge in [-0.05, 0) is 30.9 Å². The minimum Gasteiger partial charge on any atom is -0.309 e. The summed E-state index contributed by atoms with van der Waals surface area (Å²) in [5.74, 6) is 0.199. The van der Waals surface area contributed by atoms with Gasteiger partial charge in [-0.3, -0.25) is 0 Å². The van der Waals surface area contributed by atoms with Gasteiger partial charge < -0.3 is 5.32 Å². The van der Waals surface area contributed by atoms with E-state index in [0.29, 0.717) is 6.04 Å². The molecule has 1 aliphatic heterocycles. The standard InChI is InChI=1S/C13H16N2/c1-10-4-2-3-5-12(10)13-7-6-11(8-14)9-15-13/h2-5,11,13,15H,6-7,9H2,1H3. The van der Waals surface area contributed by atoms with Crippen molar-refractivity contribution in [3.63, 3.8) is 0 Å². The Balaban J connectivity index is 2.08. The number of benzene rings is 1. The third-order valence-electron chi connectivity index (χ3n) is 3.16. The Morgan fingerprint density at radius 2 is 2.13 bits per heavy atom. The normalized spacial score (nSPS) is 25.9. The molecule has 0 amide bonds. The highest BCUT2D eigenvalue weighted by Gasteiger charge is 2.21. The lowest BCUT2D eigenvalue weighted by atomic mass is 9.90. The van der Waals surface area contributed by atoms with Crippen molar-refractivity contribution in [2.45, 2.75) is 25.8 Å². The highest BCUT2D eigenvalue weighted by molar-refractivity contribution is 5.29. The average molecular weight is 200 g/mol. The molecule has 78 valence electrons. The lowest BCUT2D eigenvalue weighted by Crippen LogP contribution is -2.32. The predicted molar refractivity (Wildman–Crippen MR) is 60.3 cm³/mol. The van der Waals surface area contributed by atoms with Crippen molar-refractivity contribution in [2.24, 2.45) is 5.92 Å². The molecular weight excluding hydrogens is 184 g/mol. The SMILES string of the molecule is Cc1ccccc1C1CCC(C#N)CN1. The molecule has 1 fully saturated rings. The van der Waals surface area contributed by atoms with Gasteiger partial charge in [-0.1, -0.05) is 24.3 Å². The van der Waals surface area contributed by atoms with Crippen LogP contribution in [-0.4, -0.2) is 6.54 Å². The maximum atomic E-state index is 8.81. The van der Waals surface area contributed by atoms with Crippen LogP contribution in [0.25, 0.3) is 0 Å². The van der Waals surface area contributed by atoms with Crippen molar-refractivity contribution in [1.29, 1.82) is 5.26 Å². The number of hydrogen-bond acceptors (Lipinski definition) is 2. The Bertz CT molecular complexity index is 370. The van der Waals surface area contributed by atoms with Gasteiger partial charge in [0.15, 0.2) is 0 Å². The molecule has 1 aliphatic rings. The number of nitriles is 1. The van der Waals surface area contributed by atoms with Gasteiger partial charge in [0, 0.05) is 12.6 Å². The van der Waals surface area contributed by atoms with Gasteiger partial charge >= 0.3 is 0 Å². The second-order valence-corrected chi connectivity index (χ2v) is 4.22. The molecule has 0 spiro atoms. The van der Waals surface area contributed by atoms with Crippen LogP contribution in [0.4, 0.5) is 0 Å². The molecule has 0 radical (unpaired) electrons. The fourth-order valence-electron chi connectivity index (χ4n) is 2.21. The Morgan fingerprint density at radius 1 is 1.33 bits per heavy atom. The van der Waals surface area contributed by atoms with Crippen LogP contribution in [0.3, 0.4) is 0 Å². The van der Waals surface area contributed by atoms with Gasteiger partial charge in [0.2, 0.25) is 0 Å². The molecule has 1 aromatic carbocycles. The van der Waals surface area contributed by atoms with Crippen LogP contribution < -0.4 is 5.32 Å². The number of piperidine rings is 1. The lowest BCUT2D eigenvalue weighted by molar-refractivity contribution is 0.361. The van der Waals surface area contributed by atoms with E-state index in [9.17, 15) is 0 Å². The zero-order chi connectivity index (χ0) is 10.7. The van der Waals surface area contributed by atoms with Gasteiger partial charge in [0.05, 0.1) is 12.0 Å². The quantitative estimate of drug-likeness (QED) is 0.756. The first-order chi connectivity index (χ1) is 7.31. The summed E-state index contributed by atoms with van der Waals surface area (Å²) >= 11 is 0. The molecule has 2 unspecified atom stereocenters. The molecule has 15 heavy (non-hydrogen) atoms. The van der Waals surface area contributed by atoms with E-state index in [2.05, 4.69) is 42.6 Å². The molecule has 1 saturated heterocycles. The van der Waals surface area contributed by atoms with Crippen LogP contribution in [0.2, 0.25) is 0 Å². The molecule has 2 rings (SSSR count). The van der Waals surface area contributed by atoms with Gasteiger partial charge in [0.1, 0.15) is 0 Å². The van der Waals surface area contributed by atoms with E-state index >= 15 is 0 Å². The monoisotopic (exact) mass is 200 g/mol. The summed E-state index contributed by atoms with van der Waals surface area (Å²) in [6.07, 6.45) is 2.09. The van der Waals surface area contributed by atoms with Crippen molar-refractivity contribution in [3.8, 4) is 6.07 Å². The summed E-state index contributed by atoms with van der Waals surface area (Å²) in [6.45, 7) is 2.98. The van der Waals surface area contributed by atoms with Gasteiger partial charge in [-0.25, -0.2) is 0 Å². The van der Waals surface area contributed by atoms with E-state index in [4.69, 9.17) is 5.26 Å². The van der Waals surface area contributed by atoms with Crippen LogP contribution in [0.15, 0.2) is 24.3 Å². The second kappa shape index (κ2) is 4.46. The first-order valence-corrected chi connectivity index (χ1v) is 5.50. The van der Waals surface area contributed by atoms with E-state index in [-0.39, 0.29) is 5.92 Å². The van der Waals surface area contributed by atoms with Gasteiger partial charge in [-0.2, -0.15) is 5.26 Å². The number of nitrogens with one attached hydrogen (secondary N) is 1. The second-order valence-electron chi connectivity index (χ2n) is 4.22. The van der Waals surface area contributed by atoms with E-state index in [0.717, 1.165) is 19.4 Å². The van der Waals surface area contributed by atoms with Crippen molar-refractivity contribution in [3.05, 3.63) is 35.4 Å². The van der Waals surface area contributed by atoms with Crippen molar-refractivity contribution >= 4 is 0 Å². The zero-order valence-electron chi connectivity index (χ0n) is 9.03. The summed E-state index contributed by atoms with van der Waals surface area (Å²) in [4.78, 5) is 0. The topological polar surface area (TPSA) is 35.8 Å². The molecule has 0 bridgehead atoms. The summed E-state index contributed by atoms with van der Waals surface area (Å²) < 4.78 is 0. The van der Waals surface area contributed by atoms with Crippen molar-refractivity contribution in [2.75, 3.05) is 6.54 Å². The number of rotatable bonds is 1.